The van der Waals surface area contributed by atoms with Gasteiger partial charge >= 0.3 is 5.97 Å². The van der Waals surface area contributed by atoms with Crippen LogP contribution < -0.4 is 10.2 Å². The third-order valence-corrected chi connectivity index (χ3v) is 3.95. The zero-order valence-electron chi connectivity index (χ0n) is 14.5. The van der Waals surface area contributed by atoms with Crippen molar-refractivity contribution in [3.05, 3.63) is 94.5 Å². The summed E-state index contributed by atoms with van der Waals surface area (Å²) in [5.74, 6) is -0.770. The molecule has 0 saturated carbocycles. The monoisotopic (exact) mass is 394 g/mol. The van der Waals surface area contributed by atoms with E-state index in [1.807, 2.05) is 0 Å². The van der Waals surface area contributed by atoms with E-state index in [0.717, 1.165) is 0 Å². The number of hydrazone groups is 1. The maximum Gasteiger partial charge on any atom is 0.343 e. The lowest BCUT2D eigenvalue weighted by atomic mass is 10.2. The Morgan fingerprint density at radius 3 is 2.32 bits per heavy atom. The topological polar surface area (TPSA) is 88.0 Å². The van der Waals surface area contributed by atoms with Gasteiger partial charge in [0.05, 0.1) is 17.3 Å². The number of nitrogens with one attached hydrogen (secondary N) is 1. The number of carbonyl (C=O) groups excluding carboxylic acids is 2. The standard InChI is InChI=1S/C21H15ClN2O4/c22-16-9-7-15(8-10-16)21(27)28-17-11-5-14(6-12-17)13-23-24-20(26)18-3-1-2-4-19(18)25/h1-13,25H,(H,24,26)/b23-13-. The molecule has 0 bridgehead atoms. The number of esters is 1. The van der Waals surface area contributed by atoms with Crippen molar-refractivity contribution in [2.75, 3.05) is 0 Å². The summed E-state index contributed by atoms with van der Waals surface area (Å²) in [6.45, 7) is 0. The van der Waals surface area contributed by atoms with Gasteiger partial charge in [-0.1, -0.05) is 23.7 Å². The highest BCUT2D eigenvalue weighted by atomic mass is 35.5. The van der Waals surface area contributed by atoms with E-state index in [4.69, 9.17) is 16.3 Å². The van der Waals surface area contributed by atoms with Crippen molar-refractivity contribution in [2.45, 2.75) is 0 Å². The van der Waals surface area contributed by atoms with Gasteiger partial charge in [-0.3, -0.25) is 4.79 Å². The molecule has 3 rings (SSSR count). The van der Waals surface area contributed by atoms with E-state index in [-0.39, 0.29) is 11.3 Å². The zero-order valence-corrected chi connectivity index (χ0v) is 15.3. The van der Waals surface area contributed by atoms with Crippen molar-refractivity contribution in [1.82, 2.24) is 5.43 Å². The Morgan fingerprint density at radius 2 is 1.64 bits per heavy atom. The molecule has 0 saturated heterocycles. The highest BCUT2D eigenvalue weighted by molar-refractivity contribution is 6.30. The predicted molar refractivity (Wildman–Crippen MR) is 106 cm³/mol. The molecule has 0 radical (unpaired) electrons. The first kappa shape index (κ1) is 19.1. The Hall–Kier alpha value is -3.64. The van der Waals surface area contributed by atoms with Crippen LogP contribution in [0.3, 0.4) is 0 Å². The number of rotatable bonds is 5. The fraction of sp³-hybridized carbons (Fsp3) is 0. The summed E-state index contributed by atoms with van der Waals surface area (Å²) < 4.78 is 5.28. The molecule has 2 N–H and O–H groups in total. The van der Waals surface area contributed by atoms with Crippen molar-refractivity contribution >= 4 is 29.7 Å². The van der Waals surface area contributed by atoms with Gasteiger partial charge in [-0.15, -0.1) is 0 Å². The van der Waals surface area contributed by atoms with Gasteiger partial charge in [0.1, 0.15) is 11.5 Å². The van der Waals surface area contributed by atoms with Crippen molar-refractivity contribution in [3.8, 4) is 11.5 Å². The molecular weight excluding hydrogens is 380 g/mol. The van der Waals surface area contributed by atoms with Crippen LogP contribution in [0.15, 0.2) is 77.9 Å². The SMILES string of the molecule is O=C(Oc1ccc(/C=N\NC(=O)c2ccccc2O)cc1)c1ccc(Cl)cc1. The van der Waals surface area contributed by atoms with Gasteiger partial charge in [0.25, 0.3) is 5.91 Å². The Balaban J connectivity index is 1.57. The molecule has 3 aromatic rings. The number of hydrogen-bond acceptors (Lipinski definition) is 5. The van der Waals surface area contributed by atoms with Crippen LogP contribution in [0.4, 0.5) is 0 Å². The smallest absolute Gasteiger partial charge is 0.343 e. The number of halogens is 1. The van der Waals surface area contributed by atoms with Crippen LogP contribution >= 0.6 is 11.6 Å². The van der Waals surface area contributed by atoms with Gasteiger partial charge in [0.15, 0.2) is 0 Å². The van der Waals surface area contributed by atoms with Crippen LogP contribution in [0.5, 0.6) is 11.5 Å². The third kappa shape index (κ3) is 4.96. The Labute approximate surface area is 166 Å². The van der Waals surface area contributed by atoms with Crippen molar-refractivity contribution < 1.29 is 19.4 Å². The quantitative estimate of drug-likeness (QED) is 0.296. The van der Waals surface area contributed by atoms with E-state index in [0.29, 0.717) is 21.9 Å². The molecule has 6 nitrogen and oxygen atoms in total. The molecule has 0 heterocycles. The summed E-state index contributed by atoms with van der Waals surface area (Å²) in [5.41, 5.74) is 3.54. The van der Waals surface area contributed by atoms with E-state index in [1.54, 1.807) is 60.7 Å². The van der Waals surface area contributed by atoms with Crippen molar-refractivity contribution in [2.24, 2.45) is 5.10 Å². The Morgan fingerprint density at radius 1 is 0.964 bits per heavy atom. The minimum absolute atomic E-state index is 0.123. The maximum absolute atomic E-state index is 12.1. The van der Waals surface area contributed by atoms with Crippen LogP contribution in [0.1, 0.15) is 26.3 Å². The van der Waals surface area contributed by atoms with E-state index < -0.39 is 11.9 Å². The summed E-state index contributed by atoms with van der Waals surface area (Å²) in [7, 11) is 0. The molecule has 3 aromatic carbocycles. The second-order valence-electron chi connectivity index (χ2n) is 5.68. The number of amides is 1. The Kier molecular flexibility index (Phi) is 6.04. The number of para-hydroxylation sites is 1. The zero-order chi connectivity index (χ0) is 19.9. The average Bonchev–Trinajstić information content (AvgIpc) is 2.70. The molecule has 1 amide bonds. The van der Waals surface area contributed by atoms with Crippen LogP contribution in [0.25, 0.3) is 0 Å². The third-order valence-electron chi connectivity index (χ3n) is 3.70. The number of ether oxygens (including phenoxy) is 1. The number of benzene rings is 3. The first-order valence-corrected chi connectivity index (χ1v) is 8.60. The van der Waals surface area contributed by atoms with Crippen LogP contribution in [0, 0.1) is 0 Å². The minimum Gasteiger partial charge on any atom is -0.507 e. The van der Waals surface area contributed by atoms with E-state index in [9.17, 15) is 14.7 Å². The van der Waals surface area contributed by atoms with Crippen LogP contribution in [-0.2, 0) is 0 Å². The fourth-order valence-corrected chi connectivity index (χ4v) is 2.39. The van der Waals surface area contributed by atoms with E-state index >= 15 is 0 Å². The van der Waals surface area contributed by atoms with E-state index in [2.05, 4.69) is 10.5 Å². The molecule has 0 atom stereocenters. The summed E-state index contributed by atoms with van der Waals surface area (Å²) in [6, 6.07) is 19.1. The highest BCUT2D eigenvalue weighted by Gasteiger charge is 2.09. The summed E-state index contributed by atoms with van der Waals surface area (Å²) >= 11 is 5.79. The number of nitrogens with zero attached hydrogens (tertiary/aromatic N) is 1. The average molecular weight is 395 g/mol. The second kappa shape index (κ2) is 8.83. The highest BCUT2D eigenvalue weighted by Crippen LogP contribution is 2.16. The number of hydrogen-bond donors (Lipinski definition) is 2. The molecule has 0 aliphatic carbocycles. The fourth-order valence-electron chi connectivity index (χ4n) is 2.27. The lowest BCUT2D eigenvalue weighted by Gasteiger charge is -2.05. The van der Waals surface area contributed by atoms with E-state index in [1.165, 1.54) is 18.3 Å². The van der Waals surface area contributed by atoms with Crippen LogP contribution in [-0.4, -0.2) is 23.2 Å². The number of aromatic hydroxyl groups is 1. The number of phenolic OH excluding ortho intramolecular Hbond substituents is 1. The molecular formula is C21H15ClN2O4. The van der Waals surface area contributed by atoms with Gasteiger partial charge in [0, 0.05) is 5.02 Å². The normalized spacial score (nSPS) is 10.6. The van der Waals surface area contributed by atoms with Crippen molar-refractivity contribution in [1.29, 1.82) is 0 Å². The number of carbonyl (C=O) groups is 2. The molecule has 140 valence electrons. The molecule has 0 aromatic heterocycles. The predicted octanol–water partition coefficient (Wildman–Crippen LogP) is 4.03. The van der Waals surface area contributed by atoms with Gasteiger partial charge < -0.3 is 9.84 Å². The second-order valence-corrected chi connectivity index (χ2v) is 6.12. The molecule has 0 fully saturated rings. The molecule has 0 aliphatic heterocycles. The first-order valence-electron chi connectivity index (χ1n) is 8.22. The lowest BCUT2D eigenvalue weighted by molar-refractivity contribution is 0.0734. The summed E-state index contributed by atoms with van der Waals surface area (Å²) in [4.78, 5) is 24.0. The number of phenols is 1. The molecule has 0 unspecified atom stereocenters. The molecule has 7 heteroatoms. The van der Waals surface area contributed by atoms with Gasteiger partial charge in [-0.2, -0.15) is 5.10 Å². The summed E-state index contributed by atoms with van der Waals surface area (Å²) in [6.07, 6.45) is 1.43. The summed E-state index contributed by atoms with van der Waals surface area (Å²) in [5, 5.41) is 14.0. The molecule has 28 heavy (non-hydrogen) atoms. The Bertz CT molecular complexity index is 1020. The van der Waals surface area contributed by atoms with Crippen LogP contribution in [0.2, 0.25) is 5.02 Å². The van der Waals surface area contributed by atoms with Gasteiger partial charge in [0.2, 0.25) is 0 Å². The molecule has 0 spiro atoms. The molecule has 0 aliphatic rings. The maximum atomic E-state index is 12.1. The largest absolute Gasteiger partial charge is 0.507 e. The first-order chi connectivity index (χ1) is 13.5. The minimum atomic E-state index is -0.525. The van der Waals surface area contributed by atoms with Gasteiger partial charge in [-0.05, 0) is 66.2 Å². The van der Waals surface area contributed by atoms with Crippen molar-refractivity contribution in [3.63, 3.8) is 0 Å². The lowest BCUT2D eigenvalue weighted by Crippen LogP contribution is -2.17. The van der Waals surface area contributed by atoms with Gasteiger partial charge in [-0.25, -0.2) is 10.2 Å².